The largest absolute Gasteiger partial charge is 1.00 e. The summed E-state index contributed by atoms with van der Waals surface area (Å²) in [5.41, 5.74) is 4.24. The molecule has 2 aromatic rings. The van der Waals surface area contributed by atoms with E-state index in [-0.39, 0.29) is 154 Å². The van der Waals surface area contributed by atoms with Gasteiger partial charge in [-0.3, -0.25) is 4.90 Å². The van der Waals surface area contributed by atoms with Crippen molar-refractivity contribution in [1.82, 2.24) is 14.6 Å². The van der Waals surface area contributed by atoms with Crippen LogP contribution in [0.15, 0.2) is 28.7 Å². The van der Waals surface area contributed by atoms with Gasteiger partial charge in [-0.25, -0.2) is 35.5 Å². The molecule has 228 valence electrons. The van der Waals surface area contributed by atoms with E-state index in [4.69, 9.17) is 30.2 Å². The maximum atomic E-state index is 15.4. The molecule has 1 aliphatic heterocycles. The van der Waals surface area contributed by atoms with Crippen LogP contribution in [0, 0.1) is 11.6 Å². The van der Waals surface area contributed by atoms with Crippen LogP contribution < -0.4 is 163 Å². The number of nitrogens with zero attached hydrogens (tertiary/aromatic N) is 2. The van der Waals surface area contributed by atoms with Crippen molar-refractivity contribution in [2.24, 2.45) is 0 Å². The fraction of sp³-hybridized carbons (Fsp3) is 0.435. The number of sulfonamides is 1. The van der Waals surface area contributed by atoms with Gasteiger partial charge in [0, 0.05) is 0 Å². The fourth-order valence-electron chi connectivity index (χ4n) is 3.70. The van der Waals surface area contributed by atoms with Gasteiger partial charge in [-0.2, -0.15) is 4.98 Å². The van der Waals surface area contributed by atoms with Crippen LogP contribution in [0.2, 0.25) is 0 Å². The number of alkyl halides is 2. The molecule has 3 N–H and O–H groups in total. The predicted octanol–water partition coefficient (Wildman–Crippen LogP) is -4.23. The normalized spacial score (nSPS) is 17.5. The van der Waals surface area contributed by atoms with Crippen molar-refractivity contribution >= 4 is 44.0 Å². The van der Waals surface area contributed by atoms with Gasteiger partial charge in [0.25, 0.3) is 5.92 Å². The first-order chi connectivity index (χ1) is 18.6. The summed E-state index contributed by atoms with van der Waals surface area (Å²) in [6.07, 6.45) is -3.27. The van der Waals surface area contributed by atoms with Gasteiger partial charge in [0.05, 0.1) is 23.3 Å². The Labute approximate surface area is 371 Å². The summed E-state index contributed by atoms with van der Waals surface area (Å²) in [4.78, 5) is 25.5. The van der Waals surface area contributed by atoms with Crippen molar-refractivity contribution in [2.75, 3.05) is 18.5 Å². The van der Waals surface area contributed by atoms with Crippen molar-refractivity contribution < 1.29 is 193 Å². The quantitative estimate of drug-likeness (QED) is 0.269. The molecule has 1 aliphatic rings. The predicted molar refractivity (Wildman–Crippen MR) is 135 cm³/mol. The van der Waals surface area contributed by atoms with Gasteiger partial charge in [-0.15, -0.1) is 0 Å². The molecule has 1 amide bonds. The number of nitrogens with two attached hydrogens (primary N) is 1. The average molecular weight is 939 g/mol. The Morgan fingerprint density at radius 3 is 2.30 bits per heavy atom. The first-order valence-electron chi connectivity index (χ1n) is 11.4. The van der Waals surface area contributed by atoms with E-state index in [0.29, 0.717) is 11.2 Å². The summed E-state index contributed by atoms with van der Waals surface area (Å²) in [7, 11) is -4.14. The van der Waals surface area contributed by atoms with Crippen LogP contribution in [0.4, 0.5) is 33.0 Å². The molecule has 43 heavy (non-hydrogen) atoms. The molecular weight excluding hydrogens is 914 g/mol. The second kappa shape index (κ2) is 17.8. The van der Waals surface area contributed by atoms with Gasteiger partial charge in [-0.05, 0) is 67.0 Å². The van der Waals surface area contributed by atoms with Crippen LogP contribution >= 0.6 is 15.9 Å². The van der Waals surface area contributed by atoms with Gasteiger partial charge in [-0.1, -0.05) is 12.1 Å². The van der Waals surface area contributed by atoms with Crippen LogP contribution in [-0.2, 0) is 21.2 Å². The maximum absolute atomic E-state index is 15.4. The van der Waals surface area contributed by atoms with E-state index in [9.17, 15) is 26.4 Å². The Kier molecular flexibility index (Phi) is 18.1. The minimum Gasteiger partial charge on any atom is -0.652 e. The van der Waals surface area contributed by atoms with Gasteiger partial charge in [0.2, 0.25) is 15.9 Å². The number of likely N-dealkylation sites (tertiary alicyclic amines) is 1. The number of halogens is 5. The number of pyridine rings is 1. The Morgan fingerprint density at radius 1 is 1.23 bits per heavy atom. The Hall–Kier alpha value is 0.724. The molecule has 3 rings (SSSR count). The molecule has 2 heterocycles. The molecule has 12 nitrogen and oxygen atoms in total. The number of benzene rings is 1. The van der Waals surface area contributed by atoms with Gasteiger partial charge < -0.3 is 30.2 Å². The molecule has 0 spiro atoms. The smallest absolute Gasteiger partial charge is 0.652 e. The molecule has 0 saturated carbocycles. The fourth-order valence-corrected chi connectivity index (χ4v) is 4.87. The summed E-state index contributed by atoms with van der Waals surface area (Å²) in [6.45, 7) is 3.46. The molecule has 1 fully saturated rings. The molecule has 0 aliphatic carbocycles. The number of aromatic nitrogens is 1. The van der Waals surface area contributed by atoms with Crippen molar-refractivity contribution in [1.29, 1.82) is 0 Å². The number of hydrogen-bond donors (Lipinski definition) is 2. The monoisotopic (exact) mass is 938 g/mol. The average Bonchev–Trinajstić information content (AvgIpc) is 3.02. The zero-order valence-electron chi connectivity index (χ0n) is 23.9. The number of ether oxygens (including phenoxy) is 2. The third kappa shape index (κ3) is 13.8. The van der Waals surface area contributed by atoms with Gasteiger partial charge in [0.1, 0.15) is 11.6 Å². The Bertz CT molecular complexity index is 1420. The van der Waals surface area contributed by atoms with Crippen molar-refractivity contribution in [3.63, 3.8) is 0 Å². The number of amides is 1. The molecule has 0 bridgehead atoms. The first kappa shape index (κ1) is 43.7. The van der Waals surface area contributed by atoms with Crippen molar-refractivity contribution in [2.45, 2.75) is 50.8 Å². The minimum absolute atomic E-state index is 0. The van der Waals surface area contributed by atoms with E-state index in [1.165, 1.54) is 39.0 Å². The summed E-state index contributed by atoms with van der Waals surface area (Å²) in [5, 5.41) is 16.7. The number of carbonyl (C=O) groups is 2. The first-order valence-corrected chi connectivity index (χ1v) is 14.1. The number of rotatable bonds is 6. The third-order valence-electron chi connectivity index (χ3n) is 5.19. The number of carbonyl (C=O) groups excluding carboxylic acids is 2. The van der Waals surface area contributed by atoms with E-state index in [1.54, 1.807) is 0 Å². The van der Waals surface area contributed by atoms with Crippen molar-refractivity contribution in [3.05, 3.63) is 45.9 Å². The third-order valence-corrected chi connectivity index (χ3v) is 6.44. The van der Waals surface area contributed by atoms with E-state index < -0.39 is 82.0 Å². The topological polar surface area (TPSA) is 187 Å². The van der Waals surface area contributed by atoms with Gasteiger partial charge >= 0.3 is 144 Å². The zero-order chi connectivity index (χ0) is 31.5. The number of nitrogen functional groups attached to an aromatic ring is 1. The van der Waals surface area contributed by atoms with E-state index in [1.807, 2.05) is 4.72 Å². The van der Waals surface area contributed by atoms with E-state index in [2.05, 4.69) is 20.9 Å². The molecule has 20 heteroatoms. The second-order valence-electron chi connectivity index (χ2n) is 9.73. The summed E-state index contributed by atoms with van der Waals surface area (Å²) in [6, 6.07) is 1.24. The van der Waals surface area contributed by atoms with Crippen molar-refractivity contribution in [3.8, 4) is 11.6 Å². The van der Waals surface area contributed by atoms with Crippen LogP contribution in [-0.4, -0.2) is 67.0 Å². The zero-order valence-corrected chi connectivity index (χ0v) is 38.9. The summed E-state index contributed by atoms with van der Waals surface area (Å²) in [5.74, 6) is -6.65. The standard InChI is InChI=1S/C22H25BrF4N4O5S.CH2O3.2Cs/c1-21(2,3)36-20(32)31-10-22(26,27)17(30-37(4,33)34)14(31)8-11-6-5-7-15(16(11)25)35-19-12(23)9-13(24)18(28)29-19;2-1(3)4;;/h5-7,9,14,17,30H,8,10H2,1-4H3,(H2,28,29);(H2,2,3,4);;/q;;2*+1/p-2/t14-,17+;;;/m0.../s1. The number of anilines is 1. The maximum Gasteiger partial charge on any atom is 1.00 e. The Balaban J connectivity index is 0.00000276. The number of hydrogen-bond acceptors (Lipinski definition) is 10. The van der Waals surface area contributed by atoms with Crippen LogP contribution in [0.3, 0.4) is 0 Å². The SMILES string of the molecule is CC(C)(C)OC(=O)N1CC(F)(F)[C@H](NS(C)(=O)=O)[C@@H]1Cc1cccc(Oc2nc(N)c(F)cc2Br)c1F.O=C([O-])[O-].[Cs+].[Cs+]. The molecule has 0 radical (unpaired) electrons. The molecule has 2 atom stereocenters. The molecule has 1 aromatic heterocycles. The Morgan fingerprint density at radius 2 is 1.79 bits per heavy atom. The summed E-state index contributed by atoms with van der Waals surface area (Å²) < 4.78 is 95.3. The van der Waals surface area contributed by atoms with Gasteiger partial charge in [0.15, 0.2) is 23.2 Å². The number of nitrogens with one attached hydrogen (secondary N) is 1. The van der Waals surface area contributed by atoms with Crippen LogP contribution in [0.5, 0.6) is 11.6 Å². The summed E-state index contributed by atoms with van der Waals surface area (Å²) >= 11 is 3.04. The molecule has 1 saturated heterocycles. The molecular formula is C23H25BrCs2F4N4O8S. The van der Waals surface area contributed by atoms with E-state index >= 15 is 4.39 Å². The molecule has 1 aromatic carbocycles. The van der Waals surface area contributed by atoms with E-state index in [0.717, 1.165) is 6.07 Å². The second-order valence-corrected chi connectivity index (χ2v) is 12.4. The van der Waals surface area contributed by atoms with Crippen LogP contribution in [0.1, 0.15) is 26.3 Å². The molecule has 0 unspecified atom stereocenters. The number of carboxylic acid groups (broad SMARTS) is 2. The van der Waals surface area contributed by atoms with Crippen LogP contribution in [0.25, 0.3) is 0 Å². The minimum atomic E-state index is -4.14.